The predicted molar refractivity (Wildman–Crippen MR) is 98.0 cm³/mol. The monoisotopic (exact) mass is 386 g/mol. The van der Waals surface area contributed by atoms with Crippen LogP contribution in [0.3, 0.4) is 0 Å². The molecule has 2 saturated carbocycles. The SMILES string of the molecule is CCCC1CCC2CC(CCc3ccc(OC(F)(F)F)c(F)c3)CCC2C1. The minimum absolute atomic E-state index is 0.656. The molecule has 4 atom stereocenters. The van der Waals surface area contributed by atoms with Gasteiger partial charge in [-0.1, -0.05) is 38.7 Å². The van der Waals surface area contributed by atoms with Crippen molar-refractivity contribution in [3.05, 3.63) is 29.6 Å². The Labute approximate surface area is 159 Å². The van der Waals surface area contributed by atoms with Gasteiger partial charge in [-0.15, -0.1) is 13.2 Å². The highest BCUT2D eigenvalue weighted by Crippen LogP contribution is 2.46. The maximum absolute atomic E-state index is 13.8. The van der Waals surface area contributed by atoms with Gasteiger partial charge in [-0.05, 0) is 79.9 Å². The molecule has 2 fully saturated rings. The normalized spacial score (nSPS) is 28.6. The van der Waals surface area contributed by atoms with Crippen molar-refractivity contribution in [1.29, 1.82) is 0 Å². The number of hydrogen-bond acceptors (Lipinski definition) is 1. The van der Waals surface area contributed by atoms with Crippen LogP contribution in [0.5, 0.6) is 5.75 Å². The molecule has 3 rings (SSSR count). The molecular formula is C22H30F4O. The van der Waals surface area contributed by atoms with E-state index in [0.717, 1.165) is 35.8 Å². The van der Waals surface area contributed by atoms with E-state index in [0.29, 0.717) is 12.3 Å². The van der Waals surface area contributed by atoms with Crippen LogP contribution in [0, 0.1) is 29.5 Å². The Bertz CT molecular complexity index is 613. The zero-order valence-corrected chi connectivity index (χ0v) is 16.0. The lowest BCUT2D eigenvalue weighted by molar-refractivity contribution is -0.275. The van der Waals surface area contributed by atoms with Crippen molar-refractivity contribution in [3.63, 3.8) is 0 Å². The van der Waals surface area contributed by atoms with Gasteiger partial charge in [0.2, 0.25) is 0 Å². The van der Waals surface area contributed by atoms with Gasteiger partial charge < -0.3 is 4.74 Å². The van der Waals surface area contributed by atoms with E-state index in [1.807, 2.05) is 0 Å². The van der Waals surface area contributed by atoms with Crippen molar-refractivity contribution in [3.8, 4) is 5.75 Å². The topological polar surface area (TPSA) is 9.23 Å². The number of benzene rings is 1. The van der Waals surface area contributed by atoms with Crippen LogP contribution in [0.4, 0.5) is 17.6 Å². The summed E-state index contributed by atoms with van der Waals surface area (Å²) in [4.78, 5) is 0. The summed E-state index contributed by atoms with van der Waals surface area (Å²) in [6.07, 6.45) is 7.41. The fourth-order valence-electron chi connectivity index (χ4n) is 5.29. The highest BCUT2D eigenvalue weighted by Gasteiger charge is 2.35. The summed E-state index contributed by atoms with van der Waals surface area (Å²) in [6.45, 7) is 2.27. The van der Waals surface area contributed by atoms with Crippen molar-refractivity contribution in [2.45, 2.75) is 77.5 Å². The summed E-state index contributed by atoms with van der Waals surface area (Å²) in [5, 5.41) is 0. The van der Waals surface area contributed by atoms with E-state index in [4.69, 9.17) is 0 Å². The van der Waals surface area contributed by atoms with Gasteiger partial charge in [-0.2, -0.15) is 0 Å². The molecule has 1 aromatic rings. The highest BCUT2D eigenvalue weighted by atomic mass is 19.4. The van der Waals surface area contributed by atoms with Gasteiger partial charge in [0.25, 0.3) is 0 Å². The van der Waals surface area contributed by atoms with E-state index in [1.54, 1.807) is 6.07 Å². The molecule has 0 bridgehead atoms. The van der Waals surface area contributed by atoms with Crippen LogP contribution in [0.15, 0.2) is 18.2 Å². The van der Waals surface area contributed by atoms with Gasteiger partial charge in [0.05, 0.1) is 0 Å². The van der Waals surface area contributed by atoms with Gasteiger partial charge in [-0.25, -0.2) is 4.39 Å². The second-order valence-electron chi connectivity index (χ2n) is 8.52. The number of halogens is 4. The van der Waals surface area contributed by atoms with Crippen LogP contribution in [0.25, 0.3) is 0 Å². The fourth-order valence-corrected chi connectivity index (χ4v) is 5.29. The summed E-state index contributed by atoms with van der Waals surface area (Å²) >= 11 is 0. The summed E-state index contributed by atoms with van der Waals surface area (Å²) in [7, 11) is 0. The van der Waals surface area contributed by atoms with E-state index in [1.165, 1.54) is 57.4 Å². The Hall–Kier alpha value is -1.26. The third kappa shape index (κ3) is 5.86. The molecule has 0 N–H and O–H groups in total. The van der Waals surface area contributed by atoms with E-state index in [2.05, 4.69) is 11.7 Å². The largest absolute Gasteiger partial charge is 0.573 e. The molecule has 0 saturated heterocycles. The van der Waals surface area contributed by atoms with Crippen molar-refractivity contribution < 1.29 is 22.3 Å². The van der Waals surface area contributed by atoms with E-state index in [-0.39, 0.29) is 0 Å². The van der Waals surface area contributed by atoms with Crippen LogP contribution in [0.2, 0.25) is 0 Å². The maximum Gasteiger partial charge on any atom is 0.573 e. The fraction of sp³-hybridized carbons (Fsp3) is 0.727. The van der Waals surface area contributed by atoms with Crippen LogP contribution in [0.1, 0.15) is 70.3 Å². The van der Waals surface area contributed by atoms with Gasteiger partial charge in [-0.3, -0.25) is 0 Å². The predicted octanol–water partition coefficient (Wildman–Crippen LogP) is 7.29. The summed E-state index contributed by atoms with van der Waals surface area (Å²) < 4.78 is 54.2. The number of hydrogen-bond donors (Lipinski definition) is 0. The molecule has 0 spiro atoms. The van der Waals surface area contributed by atoms with Gasteiger partial charge >= 0.3 is 6.36 Å². The Morgan fingerprint density at radius 3 is 2.15 bits per heavy atom. The third-order valence-corrected chi connectivity index (χ3v) is 6.59. The lowest BCUT2D eigenvalue weighted by Crippen LogP contribution is -2.31. The first-order chi connectivity index (χ1) is 12.8. The number of fused-ring (bicyclic) bond motifs is 1. The second kappa shape index (κ2) is 8.83. The molecule has 4 unspecified atom stereocenters. The molecule has 1 nitrogen and oxygen atoms in total. The van der Waals surface area contributed by atoms with Gasteiger partial charge in [0.1, 0.15) is 0 Å². The molecule has 2 aliphatic rings. The smallest absolute Gasteiger partial charge is 0.403 e. The minimum atomic E-state index is -4.86. The molecular weight excluding hydrogens is 356 g/mol. The molecule has 27 heavy (non-hydrogen) atoms. The second-order valence-corrected chi connectivity index (χ2v) is 8.52. The van der Waals surface area contributed by atoms with Crippen molar-refractivity contribution >= 4 is 0 Å². The van der Waals surface area contributed by atoms with Gasteiger partial charge in [0, 0.05) is 0 Å². The zero-order valence-electron chi connectivity index (χ0n) is 16.0. The summed E-state index contributed by atoms with van der Waals surface area (Å²) in [5.41, 5.74) is 0.746. The van der Waals surface area contributed by atoms with Crippen LogP contribution in [-0.2, 0) is 6.42 Å². The zero-order chi connectivity index (χ0) is 19.4. The van der Waals surface area contributed by atoms with E-state index < -0.39 is 17.9 Å². The Morgan fingerprint density at radius 2 is 1.59 bits per heavy atom. The van der Waals surface area contributed by atoms with Crippen molar-refractivity contribution in [1.82, 2.24) is 0 Å². The number of aryl methyl sites for hydroxylation is 1. The first-order valence-electron chi connectivity index (χ1n) is 10.4. The molecule has 1 aromatic carbocycles. The minimum Gasteiger partial charge on any atom is -0.403 e. The Morgan fingerprint density at radius 1 is 0.963 bits per heavy atom. The van der Waals surface area contributed by atoms with Crippen LogP contribution in [-0.4, -0.2) is 6.36 Å². The molecule has 0 heterocycles. The first-order valence-corrected chi connectivity index (χ1v) is 10.4. The van der Waals surface area contributed by atoms with Crippen LogP contribution < -0.4 is 4.74 Å². The maximum atomic E-state index is 13.8. The lowest BCUT2D eigenvalue weighted by Gasteiger charge is -2.42. The lowest BCUT2D eigenvalue weighted by atomic mass is 9.63. The molecule has 5 heteroatoms. The third-order valence-electron chi connectivity index (χ3n) is 6.59. The molecule has 0 radical (unpaired) electrons. The van der Waals surface area contributed by atoms with Crippen molar-refractivity contribution in [2.75, 3.05) is 0 Å². The molecule has 0 aliphatic heterocycles. The number of alkyl halides is 3. The average Bonchev–Trinajstić information content (AvgIpc) is 2.61. The first kappa shape index (κ1) is 20.5. The molecule has 0 amide bonds. The summed E-state index contributed by atoms with van der Waals surface area (Å²) in [5.74, 6) is 1.62. The van der Waals surface area contributed by atoms with Crippen LogP contribution >= 0.6 is 0 Å². The molecule has 0 aromatic heterocycles. The Balaban J connectivity index is 1.48. The number of rotatable bonds is 6. The molecule has 2 aliphatic carbocycles. The van der Waals surface area contributed by atoms with E-state index >= 15 is 0 Å². The van der Waals surface area contributed by atoms with Gasteiger partial charge in [0.15, 0.2) is 11.6 Å². The Kier molecular flexibility index (Phi) is 6.69. The molecule has 152 valence electrons. The number of ether oxygens (including phenoxy) is 1. The summed E-state index contributed by atoms with van der Waals surface area (Å²) in [6, 6.07) is 3.82. The quantitative estimate of drug-likeness (QED) is 0.466. The standard InChI is InChI=1S/C22H30F4O/c1-2-3-15-6-9-19-13-16(7-10-18(19)12-15)4-5-17-8-11-21(20(23)14-17)27-22(24,25)26/h8,11,14-16,18-19H,2-7,9-10,12-13H2,1H3. The van der Waals surface area contributed by atoms with E-state index in [9.17, 15) is 17.6 Å². The average molecular weight is 386 g/mol. The highest BCUT2D eigenvalue weighted by molar-refractivity contribution is 5.29. The van der Waals surface area contributed by atoms with Crippen molar-refractivity contribution in [2.24, 2.45) is 23.7 Å².